The molecule has 0 saturated carbocycles. The molecule has 3 aromatic rings. The maximum atomic E-state index is 12.3. The number of amides is 1. The highest BCUT2D eigenvalue weighted by molar-refractivity contribution is 7.16. The zero-order valence-corrected chi connectivity index (χ0v) is 14.4. The molecule has 2 heterocycles. The molecule has 0 radical (unpaired) electrons. The van der Waals surface area contributed by atoms with Crippen LogP contribution in [0.5, 0.6) is 0 Å². The molecule has 0 spiro atoms. The summed E-state index contributed by atoms with van der Waals surface area (Å²) < 4.78 is 6.85. The molecule has 0 bridgehead atoms. The lowest BCUT2D eigenvalue weighted by molar-refractivity contribution is 0.0606. The largest absolute Gasteiger partial charge is 0.465 e. The molecule has 0 unspecified atom stereocenters. The Morgan fingerprint density at radius 1 is 1.17 bits per heavy atom. The number of carbonyl (C=O) groups excluding carboxylic acids is 2. The molecule has 3 rings (SSSR count). The van der Waals surface area contributed by atoms with Crippen LogP contribution < -0.4 is 5.32 Å². The summed E-state index contributed by atoms with van der Waals surface area (Å²) in [5.41, 5.74) is 1.88. The van der Waals surface area contributed by atoms with Gasteiger partial charge in [-0.3, -0.25) is 4.79 Å². The van der Waals surface area contributed by atoms with Crippen molar-refractivity contribution in [1.82, 2.24) is 4.57 Å². The predicted octanol–water partition coefficient (Wildman–Crippen LogP) is 4.15. The number of thiophene rings is 1. The van der Waals surface area contributed by atoms with Gasteiger partial charge in [0.2, 0.25) is 0 Å². The van der Waals surface area contributed by atoms with Crippen molar-refractivity contribution < 1.29 is 14.3 Å². The van der Waals surface area contributed by atoms with Crippen LogP contribution in [0.25, 0.3) is 10.9 Å². The van der Waals surface area contributed by atoms with Crippen molar-refractivity contribution in [3.8, 4) is 0 Å². The molecule has 0 fully saturated rings. The van der Waals surface area contributed by atoms with E-state index in [0.29, 0.717) is 9.75 Å². The van der Waals surface area contributed by atoms with Crippen LogP contribution in [0.4, 0.5) is 5.69 Å². The van der Waals surface area contributed by atoms with E-state index in [2.05, 4.69) is 27.7 Å². The van der Waals surface area contributed by atoms with Gasteiger partial charge in [0, 0.05) is 29.3 Å². The molecule has 0 atom stereocenters. The first-order chi connectivity index (χ1) is 11.6. The third-order valence-corrected chi connectivity index (χ3v) is 4.77. The molecule has 6 heteroatoms. The predicted molar refractivity (Wildman–Crippen MR) is 95.8 cm³/mol. The maximum absolute atomic E-state index is 12.3. The van der Waals surface area contributed by atoms with E-state index in [1.165, 1.54) is 7.11 Å². The lowest BCUT2D eigenvalue weighted by atomic mass is 10.2. The Kier molecular flexibility index (Phi) is 4.66. The highest BCUT2D eigenvalue weighted by Gasteiger charge is 2.14. The minimum atomic E-state index is -0.433. The number of ether oxygens (including phenoxy) is 1. The number of esters is 1. The van der Waals surface area contributed by atoms with Crippen LogP contribution in [0, 0.1) is 0 Å². The number of rotatable bonds is 5. The van der Waals surface area contributed by atoms with Crippen molar-refractivity contribution in [3.05, 3.63) is 52.3 Å². The monoisotopic (exact) mass is 342 g/mol. The van der Waals surface area contributed by atoms with E-state index in [4.69, 9.17) is 0 Å². The molecule has 0 aliphatic carbocycles. The average molecular weight is 342 g/mol. The fourth-order valence-corrected chi connectivity index (χ4v) is 3.40. The summed E-state index contributed by atoms with van der Waals surface area (Å²) in [7, 11) is 1.32. The molecule has 24 heavy (non-hydrogen) atoms. The summed E-state index contributed by atoms with van der Waals surface area (Å²) in [6, 6.07) is 11.1. The molecule has 0 aliphatic heterocycles. The molecule has 1 amide bonds. The normalized spacial score (nSPS) is 10.8. The van der Waals surface area contributed by atoms with Gasteiger partial charge in [0.15, 0.2) is 0 Å². The van der Waals surface area contributed by atoms with Crippen molar-refractivity contribution >= 4 is 39.8 Å². The Labute approximate surface area is 143 Å². The number of carbonyl (C=O) groups is 2. The summed E-state index contributed by atoms with van der Waals surface area (Å²) in [6.45, 7) is 3.12. The van der Waals surface area contributed by atoms with Gasteiger partial charge in [-0.2, -0.15) is 0 Å². The first-order valence-electron chi connectivity index (χ1n) is 7.70. The summed E-state index contributed by atoms with van der Waals surface area (Å²) in [5, 5.41) is 3.96. The van der Waals surface area contributed by atoms with Gasteiger partial charge in [0.25, 0.3) is 5.91 Å². The van der Waals surface area contributed by atoms with Crippen LogP contribution in [0.15, 0.2) is 42.6 Å². The van der Waals surface area contributed by atoms with Crippen LogP contribution in [-0.2, 0) is 11.3 Å². The molecule has 124 valence electrons. The number of nitrogens with zero attached hydrogens (tertiary/aromatic N) is 1. The number of anilines is 1. The molecular weight excluding hydrogens is 324 g/mol. The molecule has 2 aromatic heterocycles. The third kappa shape index (κ3) is 3.19. The van der Waals surface area contributed by atoms with Gasteiger partial charge in [-0.25, -0.2) is 4.79 Å². The average Bonchev–Trinajstić information content (AvgIpc) is 3.22. The zero-order chi connectivity index (χ0) is 17.1. The van der Waals surface area contributed by atoms with Gasteiger partial charge in [-0.05, 0) is 42.8 Å². The van der Waals surface area contributed by atoms with Gasteiger partial charge < -0.3 is 14.6 Å². The van der Waals surface area contributed by atoms with Crippen molar-refractivity contribution in [2.75, 3.05) is 12.4 Å². The number of aromatic nitrogens is 1. The molecule has 0 aliphatic rings. The van der Waals surface area contributed by atoms with Crippen molar-refractivity contribution in [3.63, 3.8) is 0 Å². The number of hydrogen-bond donors (Lipinski definition) is 1. The van der Waals surface area contributed by atoms with Crippen LogP contribution >= 0.6 is 11.3 Å². The number of methoxy groups -OCH3 is 1. The number of nitrogens with one attached hydrogen (secondary N) is 1. The second-order valence-corrected chi connectivity index (χ2v) is 6.48. The van der Waals surface area contributed by atoms with Gasteiger partial charge in [-0.1, -0.05) is 6.92 Å². The van der Waals surface area contributed by atoms with E-state index < -0.39 is 5.97 Å². The Balaban J connectivity index is 1.78. The van der Waals surface area contributed by atoms with Gasteiger partial charge in [-0.15, -0.1) is 11.3 Å². The van der Waals surface area contributed by atoms with E-state index in [9.17, 15) is 9.59 Å². The van der Waals surface area contributed by atoms with Crippen LogP contribution in [-0.4, -0.2) is 23.6 Å². The maximum Gasteiger partial charge on any atom is 0.348 e. The van der Waals surface area contributed by atoms with Gasteiger partial charge >= 0.3 is 5.97 Å². The van der Waals surface area contributed by atoms with E-state index >= 15 is 0 Å². The highest BCUT2D eigenvalue weighted by Crippen LogP contribution is 2.23. The molecule has 1 N–H and O–H groups in total. The first kappa shape index (κ1) is 16.3. The minimum Gasteiger partial charge on any atom is -0.465 e. The van der Waals surface area contributed by atoms with Crippen molar-refractivity contribution in [2.24, 2.45) is 0 Å². The third-order valence-electron chi connectivity index (χ3n) is 3.71. The van der Waals surface area contributed by atoms with Gasteiger partial charge in [0.1, 0.15) is 4.88 Å². The number of benzene rings is 1. The lowest BCUT2D eigenvalue weighted by Crippen LogP contribution is -2.10. The standard InChI is InChI=1S/C18H18N2O3S/c1-3-9-20-10-8-12-11-13(4-5-14(12)20)19-17(21)15-6-7-16(24-15)18(22)23-2/h4-8,10-11H,3,9H2,1-2H3,(H,19,21). The van der Waals surface area contributed by atoms with Crippen molar-refractivity contribution in [2.45, 2.75) is 19.9 Å². The summed E-state index contributed by atoms with van der Waals surface area (Å²) >= 11 is 1.12. The Hall–Kier alpha value is -2.60. The van der Waals surface area contributed by atoms with Crippen molar-refractivity contribution in [1.29, 1.82) is 0 Å². The summed E-state index contributed by atoms with van der Waals surface area (Å²) in [6.07, 6.45) is 3.13. The zero-order valence-electron chi connectivity index (χ0n) is 13.5. The SMILES string of the molecule is CCCn1ccc2cc(NC(=O)c3ccc(C(=O)OC)s3)ccc21. The molecule has 5 nitrogen and oxygen atoms in total. The Morgan fingerprint density at radius 3 is 2.71 bits per heavy atom. The van der Waals surface area contributed by atoms with E-state index in [-0.39, 0.29) is 5.91 Å². The van der Waals surface area contributed by atoms with Crippen LogP contribution in [0.3, 0.4) is 0 Å². The lowest BCUT2D eigenvalue weighted by Gasteiger charge is -2.06. The summed E-state index contributed by atoms with van der Waals surface area (Å²) in [4.78, 5) is 24.7. The quantitative estimate of drug-likeness (QED) is 0.709. The van der Waals surface area contributed by atoms with Gasteiger partial charge in [0.05, 0.1) is 12.0 Å². The second-order valence-electron chi connectivity index (χ2n) is 5.39. The molecular formula is C18H18N2O3S. The smallest absolute Gasteiger partial charge is 0.348 e. The van der Waals surface area contributed by atoms with E-state index in [1.54, 1.807) is 12.1 Å². The van der Waals surface area contributed by atoms with E-state index in [1.807, 2.05) is 24.3 Å². The fraction of sp³-hybridized carbons (Fsp3) is 0.222. The Morgan fingerprint density at radius 2 is 1.96 bits per heavy atom. The molecule has 0 saturated heterocycles. The Bertz CT molecular complexity index is 895. The molecule has 1 aromatic carbocycles. The summed E-state index contributed by atoms with van der Waals surface area (Å²) in [5.74, 6) is -0.666. The van der Waals surface area contributed by atoms with E-state index in [0.717, 1.165) is 40.9 Å². The second kappa shape index (κ2) is 6.88. The first-order valence-corrected chi connectivity index (χ1v) is 8.52. The number of fused-ring (bicyclic) bond motifs is 1. The number of hydrogen-bond acceptors (Lipinski definition) is 4. The minimum absolute atomic E-state index is 0.234. The topological polar surface area (TPSA) is 60.3 Å². The highest BCUT2D eigenvalue weighted by atomic mass is 32.1. The van der Waals surface area contributed by atoms with Crippen LogP contribution in [0.1, 0.15) is 32.7 Å². The van der Waals surface area contributed by atoms with Crippen LogP contribution in [0.2, 0.25) is 0 Å². The fourth-order valence-electron chi connectivity index (χ4n) is 2.58. The number of aryl methyl sites for hydroxylation is 1.